The molecule has 0 fully saturated rings. The molecule has 0 saturated carbocycles. The molecule has 2 rings (SSSR count). The second-order valence-corrected chi connectivity index (χ2v) is 5.39. The third-order valence-corrected chi connectivity index (χ3v) is 3.40. The minimum absolute atomic E-state index is 0.117. The van der Waals surface area contributed by atoms with Crippen molar-refractivity contribution in [1.82, 2.24) is 10.1 Å². The van der Waals surface area contributed by atoms with E-state index in [4.69, 9.17) is 10.3 Å². The Hall–Kier alpha value is -1.76. The van der Waals surface area contributed by atoms with E-state index in [0.717, 1.165) is 0 Å². The molecule has 0 spiro atoms. The number of hydrogen-bond donors (Lipinski definition) is 1. The van der Waals surface area contributed by atoms with Crippen LogP contribution in [-0.4, -0.2) is 16.0 Å². The summed E-state index contributed by atoms with van der Waals surface area (Å²) < 4.78 is 18.6. The zero-order chi connectivity index (χ0) is 14.2. The molecule has 0 unspecified atom stereocenters. The van der Waals surface area contributed by atoms with Crippen LogP contribution in [0.3, 0.4) is 0 Å². The molecule has 100 valence electrons. The highest BCUT2D eigenvalue weighted by atomic mass is 79.9. The first kappa shape index (κ1) is 13.7. The quantitative estimate of drug-likeness (QED) is 0.938. The van der Waals surface area contributed by atoms with Crippen LogP contribution in [0.15, 0.2) is 27.2 Å². The van der Waals surface area contributed by atoms with Gasteiger partial charge in [-0.1, -0.05) is 5.16 Å². The first-order valence-corrected chi connectivity index (χ1v) is 6.21. The van der Waals surface area contributed by atoms with Crippen LogP contribution in [0.4, 0.5) is 4.39 Å². The van der Waals surface area contributed by atoms with E-state index in [1.54, 1.807) is 13.8 Å². The van der Waals surface area contributed by atoms with E-state index in [0.29, 0.717) is 10.0 Å². The van der Waals surface area contributed by atoms with Gasteiger partial charge in [-0.2, -0.15) is 4.98 Å². The minimum Gasteiger partial charge on any atom is -0.369 e. The summed E-state index contributed by atoms with van der Waals surface area (Å²) in [6.07, 6.45) is 0. The number of amides is 1. The number of aromatic nitrogens is 2. The van der Waals surface area contributed by atoms with Gasteiger partial charge < -0.3 is 10.3 Å². The van der Waals surface area contributed by atoms with Crippen molar-refractivity contribution >= 4 is 21.8 Å². The normalized spacial score (nSPS) is 11.6. The lowest BCUT2D eigenvalue weighted by atomic mass is 9.93. The molecule has 0 aliphatic heterocycles. The van der Waals surface area contributed by atoms with E-state index in [-0.39, 0.29) is 17.5 Å². The smallest absolute Gasteiger partial charge is 0.242 e. The molecule has 0 radical (unpaired) electrons. The maximum absolute atomic E-state index is 13.0. The SMILES string of the molecule is CC(C)(C(N)=O)c1nc(-c2ccc(F)cc2Br)no1. The maximum atomic E-state index is 13.0. The molecule has 2 aromatic rings. The average molecular weight is 328 g/mol. The van der Waals surface area contributed by atoms with Crippen molar-refractivity contribution in [3.05, 3.63) is 34.4 Å². The standard InChI is InChI=1S/C12H11BrFN3O2/c1-12(2,10(15)18)11-16-9(17-19-11)7-4-3-6(14)5-8(7)13/h3-5H,1-2H3,(H2,15,18). The third kappa shape index (κ3) is 2.51. The Kier molecular flexibility index (Phi) is 3.40. The van der Waals surface area contributed by atoms with Gasteiger partial charge in [0, 0.05) is 10.0 Å². The highest BCUT2D eigenvalue weighted by Crippen LogP contribution is 2.29. The summed E-state index contributed by atoms with van der Waals surface area (Å²) in [5, 5.41) is 3.78. The van der Waals surface area contributed by atoms with Crippen molar-refractivity contribution in [1.29, 1.82) is 0 Å². The molecule has 0 saturated heterocycles. The Bertz CT molecular complexity index is 640. The summed E-state index contributed by atoms with van der Waals surface area (Å²) in [5.41, 5.74) is 4.78. The molecule has 19 heavy (non-hydrogen) atoms. The monoisotopic (exact) mass is 327 g/mol. The second-order valence-electron chi connectivity index (χ2n) is 4.54. The predicted molar refractivity (Wildman–Crippen MR) is 69.6 cm³/mol. The molecule has 1 aromatic heterocycles. The molecule has 0 aliphatic rings. The van der Waals surface area contributed by atoms with Crippen molar-refractivity contribution in [2.24, 2.45) is 5.73 Å². The summed E-state index contributed by atoms with van der Waals surface area (Å²) in [7, 11) is 0. The topological polar surface area (TPSA) is 82.0 Å². The Balaban J connectivity index is 2.44. The summed E-state index contributed by atoms with van der Waals surface area (Å²) in [6, 6.07) is 4.10. The lowest BCUT2D eigenvalue weighted by molar-refractivity contribution is -0.123. The van der Waals surface area contributed by atoms with Crippen LogP contribution in [0.5, 0.6) is 0 Å². The van der Waals surface area contributed by atoms with E-state index < -0.39 is 11.3 Å². The third-order valence-electron chi connectivity index (χ3n) is 2.75. The van der Waals surface area contributed by atoms with E-state index >= 15 is 0 Å². The fourth-order valence-electron chi connectivity index (χ4n) is 1.36. The van der Waals surface area contributed by atoms with Gasteiger partial charge in [0.25, 0.3) is 0 Å². The maximum Gasteiger partial charge on any atom is 0.242 e. The van der Waals surface area contributed by atoms with Gasteiger partial charge >= 0.3 is 0 Å². The van der Waals surface area contributed by atoms with Gasteiger partial charge in [-0.25, -0.2) is 4.39 Å². The van der Waals surface area contributed by atoms with Crippen LogP contribution in [-0.2, 0) is 10.2 Å². The van der Waals surface area contributed by atoms with Crippen LogP contribution in [0.25, 0.3) is 11.4 Å². The number of nitrogens with zero attached hydrogens (tertiary/aromatic N) is 2. The fraction of sp³-hybridized carbons (Fsp3) is 0.250. The van der Waals surface area contributed by atoms with Gasteiger partial charge in [0.15, 0.2) is 0 Å². The summed E-state index contributed by atoms with van der Waals surface area (Å²) >= 11 is 3.22. The van der Waals surface area contributed by atoms with Crippen LogP contribution in [0.1, 0.15) is 19.7 Å². The summed E-state index contributed by atoms with van der Waals surface area (Å²) in [6.45, 7) is 3.18. The summed E-state index contributed by atoms with van der Waals surface area (Å²) in [5.74, 6) is -0.569. The first-order chi connectivity index (χ1) is 8.82. The number of hydrogen-bond acceptors (Lipinski definition) is 4. The minimum atomic E-state index is -1.06. The van der Waals surface area contributed by atoms with Crippen molar-refractivity contribution in [2.45, 2.75) is 19.3 Å². The van der Waals surface area contributed by atoms with Crippen molar-refractivity contribution in [3.63, 3.8) is 0 Å². The van der Waals surface area contributed by atoms with E-state index in [1.807, 2.05) is 0 Å². The Morgan fingerprint density at radius 3 is 2.74 bits per heavy atom. The highest BCUT2D eigenvalue weighted by Gasteiger charge is 2.34. The second kappa shape index (κ2) is 4.73. The molecule has 5 nitrogen and oxygen atoms in total. The number of carbonyl (C=O) groups is 1. The van der Waals surface area contributed by atoms with Gasteiger partial charge in [-0.15, -0.1) is 0 Å². The largest absolute Gasteiger partial charge is 0.369 e. The van der Waals surface area contributed by atoms with Gasteiger partial charge in [0.1, 0.15) is 11.2 Å². The first-order valence-electron chi connectivity index (χ1n) is 5.42. The molecule has 0 atom stereocenters. The lowest BCUT2D eigenvalue weighted by Gasteiger charge is -2.13. The number of nitrogens with two attached hydrogens (primary N) is 1. The van der Waals surface area contributed by atoms with E-state index in [9.17, 15) is 9.18 Å². The number of halogens is 2. The van der Waals surface area contributed by atoms with Gasteiger partial charge in [-0.3, -0.25) is 4.79 Å². The average Bonchev–Trinajstić information content (AvgIpc) is 2.78. The molecule has 1 heterocycles. The number of primary amides is 1. The van der Waals surface area contributed by atoms with Gasteiger partial charge in [0.2, 0.25) is 17.6 Å². The van der Waals surface area contributed by atoms with Crippen LogP contribution in [0.2, 0.25) is 0 Å². The van der Waals surface area contributed by atoms with Gasteiger partial charge in [0.05, 0.1) is 0 Å². The Morgan fingerprint density at radius 1 is 1.47 bits per heavy atom. The van der Waals surface area contributed by atoms with Crippen LogP contribution in [0, 0.1) is 5.82 Å². The molecule has 0 bridgehead atoms. The molecule has 1 amide bonds. The Labute approximate surface area is 117 Å². The number of benzene rings is 1. The fourth-order valence-corrected chi connectivity index (χ4v) is 1.89. The number of carbonyl (C=O) groups excluding carboxylic acids is 1. The van der Waals surface area contributed by atoms with Crippen molar-refractivity contribution in [3.8, 4) is 11.4 Å². The van der Waals surface area contributed by atoms with Crippen molar-refractivity contribution in [2.75, 3.05) is 0 Å². The van der Waals surface area contributed by atoms with Crippen LogP contribution < -0.4 is 5.73 Å². The molecule has 2 N–H and O–H groups in total. The lowest BCUT2D eigenvalue weighted by Crippen LogP contribution is -2.35. The predicted octanol–water partition coefficient (Wildman–Crippen LogP) is 2.40. The molecule has 1 aromatic carbocycles. The van der Waals surface area contributed by atoms with E-state index in [2.05, 4.69) is 26.1 Å². The zero-order valence-corrected chi connectivity index (χ0v) is 11.9. The number of rotatable bonds is 3. The zero-order valence-electron chi connectivity index (χ0n) is 10.3. The molecular formula is C12H11BrFN3O2. The van der Waals surface area contributed by atoms with Crippen molar-refractivity contribution < 1.29 is 13.7 Å². The summed E-state index contributed by atoms with van der Waals surface area (Å²) in [4.78, 5) is 15.4. The van der Waals surface area contributed by atoms with Gasteiger partial charge in [-0.05, 0) is 48.0 Å². The Morgan fingerprint density at radius 2 is 2.16 bits per heavy atom. The van der Waals surface area contributed by atoms with E-state index in [1.165, 1.54) is 18.2 Å². The van der Waals surface area contributed by atoms with Crippen LogP contribution >= 0.6 is 15.9 Å². The molecule has 0 aliphatic carbocycles. The highest BCUT2D eigenvalue weighted by molar-refractivity contribution is 9.10. The molecular weight excluding hydrogens is 317 g/mol. The molecule has 7 heteroatoms.